The highest BCUT2D eigenvalue weighted by atomic mass is 19.1. The number of anilines is 1. The number of piperazine rings is 1. The number of carboxylic acid groups (broad SMARTS) is 1. The molecule has 5 aliphatic heterocycles. The monoisotopic (exact) mass is 751 g/mol. The molecule has 1 saturated carbocycles. The van der Waals surface area contributed by atoms with Crippen molar-refractivity contribution in [2.45, 2.75) is 83.3 Å². The predicted octanol–water partition coefficient (Wildman–Crippen LogP) is 5.15. The van der Waals surface area contributed by atoms with E-state index in [9.17, 15) is 28.7 Å². The highest BCUT2D eigenvalue weighted by molar-refractivity contribution is 5.94. The van der Waals surface area contributed by atoms with Gasteiger partial charge in [0.25, 0.3) is 0 Å². The van der Waals surface area contributed by atoms with Crippen molar-refractivity contribution in [2.75, 3.05) is 31.1 Å². The molecule has 288 valence electrons. The van der Waals surface area contributed by atoms with Gasteiger partial charge in [-0.05, 0) is 74.4 Å². The number of nitrogens with zero attached hydrogens (tertiary/aromatic N) is 3. The first-order valence-corrected chi connectivity index (χ1v) is 18.6. The molecule has 1 amide bonds. The number of ether oxygens (including phenoxy) is 3. The average molecular weight is 752 g/mol. The minimum absolute atomic E-state index is 0.0130. The SMILES string of the molecule is C[C@H]1[C@@H](OC(=O)CCC(=O)N2CCN(c3cc4c(cc3F)c(=O)c(C(=O)O)cn4-c3ccc(F)cc3)CC2)O[C@@H]2O[C@]3(C)CCC4[C@H](C)CC[C@@H]1C42OO3. The quantitative estimate of drug-likeness (QED) is 0.253. The molecule has 6 aliphatic rings. The maximum atomic E-state index is 15.6. The molecule has 2 unspecified atom stereocenters. The summed E-state index contributed by atoms with van der Waals surface area (Å²) >= 11 is 0. The Bertz CT molecular complexity index is 2050. The summed E-state index contributed by atoms with van der Waals surface area (Å²) in [5.41, 5.74) is -1.40. The molecule has 8 atom stereocenters. The number of benzene rings is 2. The van der Waals surface area contributed by atoms with Gasteiger partial charge in [0.15, 0.2) is 11.9 Å². The molecule has 2 bridgehead atoms. The summed E-state index contributed by atoms with van der Waals surface area (Å²) in [4.78, 5) is 66.6. The van der Waals surface area contributed by atoms with Crippen LogP contribution in [0.4, 0.5) is 14.5 Å². The number of halogens is 2. The summed E-state index contributed by atoms with van der Waals surface area (Å²) < 4.78 is 49.2. The third-order valence-corrected chi connectivity index (χ3v) is 12.3. The third-order valence-electron chi connectivity index (χ3n) is 12.3. The first-order chi connectivity index (χ1) is 25.8. The van der Waals surface area contributed by atoms with Gasteiger partial charge >= 0.3 is 11.9 Å². The zero-order valence-electron chi connectivity index (χ0n) is 30.3. The van der Waals surface area contributed by atoms with Gasteiger partial charge < -0.3 is 33.7 Å². The number of esters is 1. The normalized spacial score (nSPS) is 31.9. The van der Waals surface area contributed by atoms with Crippen molar-refractivity contribution in [3.8, 4) is 5.69 Å². The molecule has 1 aliphatic carbocycles. The molecular weight excluding hydrogens is 708 g/mol. The Balaban J connectivity index is 0.910. The number of aromatic nitrogens is 1. The van der Waals surface area contributed by atoms with Gasteiger partial charge in [-0.25, -0.2) is 23.4 Å². The van der Waals surface area contributed by atoms with Gasteiger partial charge in [-0.15, -0.1) is 0 Å². The summed E-state index contributed by atoms with van der Waals surface area (Å²) in [6.45, 7) is 7.06. The molecule has 6 heterocycles. The van der Waals surface area contributed by atoms with Crippen LogP contribution in [0.3, 0.4) is 0 Å². The Morgan fingerprint density at radius 3 is 2.43 bits per heavy atom. The number of carbonyl (C=O) groups excluding carboxylic acids is 2. The highest BCUT2D eigenvalue weighted by Gasteiger charge is 2.69. The second kappa shape index (κ2) is 13.7. The summed E-state index contributed by atoms with van der Waals surface area (Å²) in [5, 5.41) is 9.51. The lowest BCUT2D eigenvalue weighted by Crippen LogP contribution is -2.70. The molecule has 54 heavy (non-hydrogen) atoms. The zero-order chi connectivity index (χ0) is 38.1. The van der Waals surface area contributed by atoms with Crippen LogP contribution in [0.15, 0.2) is 47.4 Å². The van der Waals surface area contributed by atoms with Crippen LogP contribution >= 0.6 is 0 Å². The smallest absolute Gasteiger partial charge is 0.341 e. The largest absolute Gasteiger partial charge is 0.477 e. The first-order valence-electron chi connectivity index (χ1n) is 18.6. The lowest BCUT2D eigenvalue weighted by molar-refractivity contribution is -0.576. The van der Waals surface area contributed by atoms with Gasteiger partial charge in [-0.2, -0.15) is 0 Å². The van der Waals surface area contributed by atoms with E-state index >= 15 is 4.39 Å². The van der Waals surface area contributed by atoms with E-state index in [1.54, 1.807) is 9.80 Å². The van der Waals surface area contributed by atoms with Crippen molar-refractivity contribution in [3.63, 3.8) is 0 Å². The first kappa shape index (κ1) is 36.5. The van der Waals surface area contributed by atoms with E-state index in [0.29, 0.717) is 18.0 Å². The minimum atomic E-state index is -1.47. The van der Waals surface area contributed by atoms with Gasteiger partial charge in [-0.1, -0.05) is 13.8 Å². The maximum absolute atomic E-state index is 15.6. The second-order valence-electron chi connectivity index (χ2n) is 15.5. The summed E-state index contributed by atoms with van der Waals surface area (Å²) in [6, 6.07) is 7.73. The Labute approximate surface area is 309 Å². The van der Waals surface area contributed by atoms with Crippen molar-refractivity contribution in [2.24, 2.45) is 23.7 Å². The third kappa shape index (κ3) is 6.14. The fourth-order valence-electron chi connectivity index (χ4n) is 9.30. The number of fused-ring (bicyclic) bond motifs is 3. The fourth-order valence-corrected chi connectivity index (χ4v) is 9.30. The van der Waals surface area contributed by atoms with Gasteiger partial charge in [0.2, 0.25) is 23.4 Å². The molecule has 13 nitrogen and oxygen atoms in total. The number of hydrogen-bond donors (Lipinski definition) is 1. The van der Waals surface area contributed by atoms with Gasteiger partial charge in [0.1, 0.15) is 17.2 Å². The number of hydrogen-bond acceptors (Lipinski definition) is 10. The molecule has 3 aromatic rings. The molecule has 0 radical (unpaired) electrons. The van der Waals surface area contributed by atoms with Crippen molar-refractivity contribution >= 4 is 34.4 Å². The molecule has 2 aromatic carbocycles. The van der Waals surface area contributed by atoms with Crippen LogP contribution in [0.25, 0.3) is 16.6 Å². The summed E-state index contributed by atoms with van der Waals surface area (Å²) in [5.74, 6) is -4.11. The van der Waals surface area contributed by atoms with E-state index < -0.39 is 58.5 Å². The molecule has 1 N–H and O–H groups in total. The summed E-state index contributed by atoms with van der Waals surface area (Å²) in [6.07, 6.45) is 2.69. The number of pyridine rings is 1. The molecule has 6 fully saturated rings. The lowest BCUT2D eigenvalue weighted by atomic mass is 9.58. The Morgan fingerprint density at radius 2 is 1.70 bits per heavy atom. The van der Waals surface area contributed by atoms with Gasteiger partial charge in [0, 0.05) is 68.1 Å². The zero-order valence-corrected chi connectivity index (χ0v) is 30.3. The summed E-state index contributed by atoms with van der Waals surface area (Å²) in [7, 11) is 0. The van der Waals surface area contributed by atoms with Crippen molar-refractivity contribution in [1.29, 1.82) is 0 Å². The molecular formula is C39H43F2N3O10. The number of aromatic carboxylic acids is 1. The van der Waals surface area contributed by atoms with E-state index in [1.807, 2.05) is 13.8 Å². The molecule has 5 saturated heterocycles. The van der Waals surface area contributed by atoms with E-state index in [-0.39, 0.29) is 79.3 Å². The van der Waals surface area contributed by atoms with Crippen LogP contribution in [-0.4, -0.2) is 82.6 Å². The van der Waals surface area contributed by atoms with E-state index in [2.05, 4.69) is 6.92 Å². The molecule has 9 rings (SSSR count). The van der Waals surface area contributed by atoms with Crippen LogP contribution in [0, 0.1) is 35.3 Å². The Kier molecular flexibility index (Phi) is 9.26. The Morgan fingerprint density at radius 1 is 0.963 bits per heavy atom. The van der Waals surface area contributed by atoms with Crippen LogP contribution in [0.2, 0.25) is 0 Å². The number of carbonyl (C=O) groups is 3. The molecule has 1 aromatic heterocycles. The van der Waals surface area contributed by atoms with Crippen molar-refractivity contribution in [1.82, 2.24) is 9.47 Å². The Hall–Kier alpha value is -4.44. The van der Waals surface area contributed by atoms with Crippen LogP contribution in [-0.2, 0) is 33.6 Å². The standard InChI is InChI=1S/C39H43F2N3O10/c1-21-4-9-28-22(2)36(51-37-39(28)27(21)12-13-38(3,52-37)53-54-39)50-33(46)11-10-32(45)43-16-14-42(15-17-43)31-19-30-25(18-29(31)41)34(47)26(35(48)49)20-44(30)24-7-5-23(40)6-8-24/h5-8,18-22,27-28,36-37H,4,9-17H2,1-3H3,(H,48,49)/t21-,22-,27?,28+,36+,37-,38+,39?/m1/s1. The van der Waals surface area contributed by atoms with Crippen LogP contribution < -0.4 is 10.3 Å². The second-order valence-corrected chi connectivity index (χ2v) is 15.5. The van der Waals surface area contributed by atoms with E-state index in [1.165, 1.54) is 34.9 Å². The van der Waals surface area contributed by atoms with E-state index in [0.717, 1.165) is 31.5 Å². The fraction of sp³-hybridized carbons (Fsp3) is 0.538. The van der Waals surface area contributed by atoms with Crippen LogP contribution in [0.5, 0.6) is 0 Å². The van der Waals surface area contributed by atoms with Crippen molar-refractivity contribution in [3.05, 3.63) is 70.0 Å². The van der Waals surface area contributed by atoms with Crippen molar-refractivity contribution < 1.29 is 52.3 Å². The predicted molar refractivity (Wildman–Crippen MR) is 187 cm³/mol. The van der Waals surface area contributed by atoms with E-state index in [4.69, 9.17) is 24.0 Å². The number of carboxylic acids is 1. The number of rotatable bonds is 7. The lowest BCUT2D eigenvalue weighted by Gasteiger charge is -2.59. The number of amides is 1. The minimum Gasteiger partial charge on any atom is -0.477 e. The maximum Gasteiger partial charge on any atom is 0.341 e. The van der Waals surface area contributed by atoms with Crippen LogP contribution in [0.1, 0.15) is 69.7 Å². The topological polar surface area (TPSA) is 146 Å². The molecule has 1 spiro atoms. The van der Waals surface area contributed by atoms with Gasteiger partial charge in [-0.3, -0.25) is 14.4 Å². The highest BCUT2D eigenvalue weighted by Crippen LogP contribution is 2.60. The molecule has 15 heteroatoms. The average Bonchev–Trinajstić information content (AvgIpc) is 3.38. The van der Waals surface area contributed by atoms with Gasteiger partial charge in [0.05, 0.1) is 17.6 Å².